The van der Waals surface area contributed by atoms with Crippen LogP contribution in [0.1, 0.15) is 18.1 Å². The molecule has 0 radical (unpaired) electrons. The maximum absolute atomic E-state index is 9.89. The molecule has 0 amide bonds. The Morgan fingerprint density at radius 3 is 2.87 bits per heavy atom. The first-order chi connectivity index (χ1) is 7.29. The Labute approximate surface area is 90.5 Å². The van der Waals surface area contributed by atoms with Crippen molar-refractivity contribution < 1.29 is 9.84 Å². The van der Waals surface area contributed by atoms with E-state index in [0.717, 1.165) is 11.3 Å². The summed E-state index contributed by atoms with van der Waals surface area (Å²) in [6.07, 6.45) is 5.42. The van der Waals surface area contributed by atoms with Crippen molar-refractivity contribution in [2.75, 3.05) is 7.11 Å². The molecule has 1 aromatic rings. The zero-order valence-corrected chi connectivity index (χ0v) is 8.89. The third kappa shape index (κ3) is 3.26. The third-order valence-corrected chi connectivity index (χ3v) is 2.13. The first-order valence-electron chi connectivity index (χ1n) is 4.88. The number of benzene rings is 1. The molecule has 0 aliphatic carbocycles. The molecule has 80 valence electrons. The zero-order chi connectivity index (χ0) is 11.1. The minimum absolute atomic E-state index is 0.530. The predicted molar refractivity (Wildman–Crippen MR) is 61.9 cm³/mol. The van der Waals surface area contributed by atoms with Crippen LogP contribution in [0, 0.1) is 0 Å². The number of para-hydroxylation sites is 1. The summed E-state index contributed by atoms with van der Waals surface area (Å²) in [5.74, 6) is 0.719. The highest BCUT2D eigenvalue weighted by Crippen LogP contribution is 2.26. The van der Waals surface area contributed by atoms with Gasteiger partial charge in [0.15, 0.2) is 0 Å². The molecule has 15 heavy (non-hydrogen) atoms. The van der Waals surface area contributed by atoms with Crippen LogP contribution in [0.15, 0.2) is 49.1 Å². The molecule has 1 N–H and O–H groups in total. The molecule has 1 atom stereocenters. The first-order valence-corrected chi connectivity index (χ1v) is 4.88. The van der Waals surface area contributed by atoms with E-state index < -0.39 is 6.10 Å². The van der Waals surface area contributed by atoms with E-state index in [1.807, 2.05) is 36.4 Å². The van der Waals surface area contributed by atoms with Crippen molar-refractivity contribution in [1.82, 2.24) is 0 Å². The van der Waals surface area contributed by atoms with E-state index in [2.05, 4.69) is 6.58 Å². The lowest BCUT2D eigenvalue weighted by molar-refractivity contribution is 0.177. The molecule has 0 aromatic heterocycles. The molecule has 0 aliphatic heterocycles. The molecule has 0 heterocycles. The number of rotatable bonds is 5. The average molecular weight is 204 g/mol. The van der Waals surface area contributed by atoms with Crippen LogP contribution in [0.5, 0.6) is 5.75 Å². The van der Waals surface area contributed by atoms with Crippen LogP contribution < -0.4 is 4.74 Å². The molecule has 0 fully saturated rings. The van der Waals surface area contributed by atoms with Crippen LogP contribution >= 0.6 is 0 Å². The van der Waals surface area contributed by atoms with Crippen molar-refractivity contribution in [2.24, 2.45) is 0 Å². The summed E-state index contributed by atoms with van der Waals surface area (Å²) >= 11 is 0. The van der Waals surface area contributed by atoms with E-state index in [1.54, 1.807) is 13.2 Å². The standard InChI is InChI=1S/C13H16O2/c1-3-4-5-9-12(14)11-8-6-7-10-13(11)15-2/h3-8,10,12,14H,1,9H2,2H3/b5-4+/t12-/m1/s1. The van der Waals surface area contributed by atoms with E-state index in [9.17, 15) is 5.11 Å². The smallest absolute Gasteiger partial charge is 0.124 e. The number of aliphatic hydroxyl groups excluding tert-OH is 1. The molecular formula is C13H16O2. The predicted octanol–water partition coefficient (Wildman–Crippen LogP) is 2.86. The van der Waals surface area contributed by atoms with Gasteiger partial charge >= 0.3 is 0 Å². The maximum atomic E-state index is 9.89. The number of aliphatic hydroxyl groups is 1. The Morgan fingerprint density at radius 2 is 2.20 bits per heavy atom. The normalized spacial score (nSPS) is 12.7. The third-order valence-electron chi connectivity index (χ3n) is 2.13. The van der Waals surface area contributed by atoms with Crippen LogP contribution in [-0.4, -0.2) is 12.2 Å². The summed E-state index contributed by atoms with van der Waals surface area (Å²) in [5.41, 5.74) is 0.814. The molecule has 1 rings (SSSR count). The molecule has 0 unspecified atom stereocenters. The van der Waals surface area contributed by atoms with Gasteiger partial charge in [0.25, 0.3) is 0 Å². The van der Waals surface area contributed by atoms with Gasteiger partial charge in [-0.3, -0.25) is 0 Å². The molecule has 1 aromatic carbocycles. The second-order valence-corrected chi connectivity index (χ2v) is 3.16. The van der Waals surface area contributed by atoms with Crippen molar-refractivity contribution >= 4 is 0 Å². The van der Waals surface area contributed by atoms with E-state index >= 15 is 0 Å². The van der Waals surface area contributed by atoms with E-state index in [0.29, 0.717) is 6.42 Å². The maximum Gasteiger partial charge on any atom is 0.124 e. The summed E-state index contributed by atoms with van der Waals surface area (Å²) in [6, 6.07) is 7.48. The Morgan fingerprint density at radius 1 is 1.47 bits per heavy atom. The Bertz CT molecular complexity index is 342. The minimum atomic E-state index is -0.530. The van der Waals surface area contributed by atoms with Crippen molar-refractivity contribution in [3.05, 3.63) is 54.6 Å². The number of allylic oxidation sites excluding steroid dienone is 2. The van der Waals surface area contributed by atoms with Crippen molar-refractivity contribution in [3.63, 3.8) is 0 Å². The van der Waals surface area contributed by atoms with Crippen LogP contribution in [-0.2, 0) is 0 Å². The van der Waals surface area contributed by atoms with Gasteiger partial charge in [-0.15, -0.1) is 0 Å². The Balaban J connectivity index is 2.76. The highest BCUT2D eigenvalue weighted by atomic mass is 16.5. The molecule has 2 heteroatoms. The van der Waals surface area contributed by atoms with Crippen molar-refractivity contribution in [3.8, 4) is 5.75 Å². The minimum Gasteiger partial charge on any atom is -0.496 e. The number of ether oxygens (including phenoxy) is 1. The lowest BCUT2D eigenvalue weighted by Gasteiger charge is -2.12. The molecule has 0 spiro atoms. The fraction of sp³-hybridized carbons (Fsp3) is 0.231. The van der Waals surface area contributed by atoms with E-state index in [-0.39, 0.29) is 0 Å². The lowest BCUT2D eigenvalue weighted by atomic mass is 10.1. The number of hydrogen-bond acceptors (Lipinski definition) is 2. The van der Waals surface area contributed by atoms with E-state index in [4.69, 9.17) is 4.74 Å². The molecule has 0 saturated carbocycles. The average Bonchev–Trinajstić information content (AvgIpc) is 2.29. The van der Waals surface area contributed by atoms with Crippen LogP contribution in [0.25, 0.3) is 0 Å². The summed E-state index contributed by atoms with van der Waals surface area (Å²) in [4.78, 5) is 0. The zero-order valence-electron chi connectivity index (χ0n) is 8.89. The van der Waals surface area contributed by atoms with Crippen molar-refractivity contribution in [2.45, 2.75) is 12.5 Å². The topological polar surface area (TPSA) is 29.5 Å². The lowest BCUT2D eigenvalue weighted by Crippen LogP contribution is -1.99. The highest BCUT2D eigenvalue weighted by molar-refractivity contribution is 5.35. The van der Waals surface area contributed by atoms with Gasteiger partial charge < -0.3 is 9.84 Å². The van der Waals surface area contributed by atoms with Gasteiger partial charge in [0, 0.05) is 5.56 Å². The molecular weight excluding hydrogens is 188 g/mol. The number of methoxy groups -OCH3 is 1. The number of hydrogen-bond donors (Lipinski definition) is 1. The molecule has 0 aliphatic rings. The quantitative estimate of drug-likeness (QED) is 0.747. The summed E-state index contributed by atoms with van der Waals surface area (Å²) in [6.45, 7) is 3.57. The van der Waals surface area contributed by atoms with E-state index in [1.165, 1.54) is 0 Å². The second-order valence-electron chi connectivity index (χ2n) is 3.16. The molecule has 2 nitrogen and oxygen atoms in total. The Hall–Kier alpha value is -1.54. The van der Waals surface area contributed by atoms with Crippen LogP contribution in [0.2, 0.25) is 0 Å². The van der Waals surface area contributed by atoms with Crippen LogP contribution in [0.4, 0.5) is 0 Å². The molecule has 0 saturated heterocycles. The van der Waals surface area contributed by atoms with Gasteiger partial charge in [0.1, 0.15) is 5.75 Å². The highest BCUT2D eigenvalue weighted by Gasteiger charge is 2.10. The van der Waals surface area contributed by atoms with Gasteiger partial charge in [-0.2, -0.15) is 0 Å². The van der Waals surface area contributed by atoms with Gasteiger partial charge in [0.2, 0.25) is 0 Å². The fourth-order valence-corrected chi connectivity index (χ4v) is 1.37. The van der Waals surface area contributed by atoms with Gasteiger partial charge in [-0.1, -0.05) is 43.0 Å². The molecule has 0 bridgehead atoms. The fourth-order valence-electron chi connectivity index (χ4n) is 1.37. The van der Waals surface area contributed by atoms with Gasteiger partial charge in [-0.25, -0.2) is 0 Å². The van der Waals surface area contributed by atoms with Gasteiger partial charge in [-0.05, 0) is 12.5 Å². The summed E-state index contributed by atoms with van der Waals surface area (Å²) < 4.78 is 5.17. The van der Waals surface area contributed by atoms with Crippen molar-refractivity contribution in [1.29, 1.82) is 0 Å². The first kappa shape index (κ1) is 11.5. The van der Waals surface area contributed by atoms with Crippen LogP contribution in [0.3, 0.4) is 0 Å². The monoisotopic (exact) mass is 204 g/mol. The van der Waals surface area contributed by atoms with Gasteiger partial charge in [0.05, 0.1) is 13.2 Å². The SMILES string of the molecule is C=C/C=C/C[C@@H](O)c1ccccc1OC. The summed E-state index contributed by atoms with van der Waals surface area (Å²) in [5, 5.41) is 9.89. The second kappa shape index (κ2) is 6.04. The largest absolute Gasteiger partial charge is 0.496 e. The Kier molecular flexibility index (Phi) is 4.64. The summed E-state index contributed by atoms with van der Waals surface area (Å²) in [7, 11) is 1.60.